The highest BCUT2D eigenvalue weighted by Gasteiger charge is 2.14. The van der Waals surface area contributed by atoms with Gasteiger partial charge in [-0.2, -0.15) is 0 Å². The molecule has 0 aliphatic heterocycles. The molecule has 2 nitrogen and oxygen atoms in total. The molecule has 0 amide bonds. The van der Waals surface area contributed by atoms with Gasteiger partial charge in [0, 0.05) is 24.2 Å². The molecule has 0 radical (unpaired) electrons. The minimum absolute atomic E-state index is 0.0494. The summed E-state index contributed by atoms with van der Waals surface area (Å²) in [5.41, 5.74) is 1.12. The van der Waals surface area contributed by atoms with Gasteiger partial charge in [-0.25, -0.2) is 0 Å². The van der Waals surface area contributed by atoms with Crippen LogP contribution >= 0.6 is 11.8 Å². The number of nitrogens with one attached hydrogen (secondary N) is 1. The van der Waals surface area contributed by atoms with Crippen LogP contribution in [0.1, 0.15) is 20.3 Å². The number of methoxy groups -OCH3 is 1. The second kappa shape index (κ2) is 6.16. The molecule has 0 aromatic heterocycles. The van der Waals surface area contributed by atoms with E-state index in [1.807, 2.05) is 0 Å². The SMILES string of the molecule is COC(C)(C)CCNc1ccc(SC)cc1. The molecule has 0 fully saturated rings. The van der Waals surface area contributed by atoms with E-state index in [1.165, 1.54) is 10.6 Å². The van der Waals surface area contributed by atoms with Crippen LogP contribution < -0.4 is 5.32 Å². The number of rotatable bonds is 6. The Kier molecular flexibility index (Phi) is 5.16. The van der Waals surface area contributed by atoms with Crippen LogP contribution in [-0.2, 0) is 4.74 Å². The molecule has 0 atom stereocenters. The average molecular weight is 239 g/mol. The van der Waals surface area contributed by atoms with Gasteiger partial charge >= 0.3 is 0 Å². The maximum absolute atomic E-state index is 5.37. The van der Waals surface area contributed by atoms with E-state index in [0.29, 0.717) is 0 Å². The molecule has 0 saturated heterocycles. The summed E-state index contributed by atoms with van der Waals surface area (Å²) >= 11 is 1.76. The molecule has 0 aliphatic rings. The highest BCUT2D eigenvalue weighted by molar-refractivity contribution is 7.98. The standard InChI is InChI=1S/C13H21NOS/c1-13(2,15-3)9-10-14-11-5-7-12(16-4)8-6-11/h5-8,14H,9-10H2,1-4H3. The molecule has 1 N–H and O–H groups in total. The first-order chi connectivity index (χ1) is 7.57. The number of hydrogen-bond acceptors (Lipinski definition) is 3. The summed E-state index contributed by atoms with van der Waals surface area (Å²) in [6, 6.07) is 8.50. The van der Waals surface area contributed by atoms with Gasteiger partial charge in [-0.15, -0.1) is 11.8 Å². The first-order valence-electron chi connectivity index (χ1n) is 5.50. The molecule has 1 aromatic rings. The third-order valence-electron chi connectivity index (χ3n) is 2.70. The third kappa shape index (κ3) is 4.45. The van der Waals surface area contributed by atoms with Gasteiger partial charge in [-0.05, 0) is 50.8 Å². The van der Waals surface area contributed by atoms with Gasteiger partial charge in [0.15, 0.2) is 0 Å². The van der Waals surface area contributed by atoms with Crippen molar-refractivity contribution >= 4 is 17.4 Å². The molecule has 1 aromatic carbocycles. The third-order valence-corrected chi connectivity index (χ3v) is 3.44. The number of ether oxygens (including phenoxy) is 1. The fourth-order valence-electron chi connectivity index (χ4n) is 1.32. The summed E-state index contributed by atoms with van der Waals surface area (Å²) in [5, 5.41) is 3.40. The largest absolute Gasteiger partial charge is 0.385 e. The number of anilines is 1. The topological polar surface area (TPSA) is 21.3 Å². The van der Waals surface area contributed by atoms with E-state index >= 15 is 0 Å². The summed E-state index contributed by atoms with van der Waals surface area (Å²) in [6.07, 6.45) is 3.08. The van der Waals surface area contributed by atoms with Gasteiger partial charge in [-0.3, -0.25) is 0 Å². The van der Waals surface area contributed by atoms with Gasteiger partial charge in [0.25, 0.3) is 0 Å². The van der Waals surface area contributed by atoms with Crippen LogP contribution in [0, 0.1) is 0 Å². The molecule has 0 unspecified atom stereocenters. The van der Waals surface area contributed by atoms with Crippen molar-refractivity contribution in [3.8, 4) is 0 Å². The fraction of sp³-hybridized carbons (Fsp3) is 0.538. The molecule has 16 heavy (non-hydrogen) atoms. The Morgan fingerprint density at radius 2 is 1.88 bits per heavy atom. The maximum atomic E-state index is 5.37. The van der Waals surface area contributed by atoms with Crippen molar-refractivity contribution in [3.05, 3.63) is 24.3 Å². The minimum Gasteiger partial charge on any atom is -0.385 e. The van der Waals surface area contributed by atoms with Crippen molar-refractivity contribution in [1.29, 1.82) is 0 Å². The predicted octanol–water partition coefficient (Wildman–Crippen LogP) is 3.64. The Morgan fingerprint density at radius 1 is 1.25 bits per heavy atom. The van der Waals surface area contributed by atoms with Gasteiger partial charge in [-0.1, -0.05) is 0 Å². The zero-order valence-corrected chi connectivity index (χ0v) is 11.4. The van der Waals surface area contributed by atoms with Crippen LogP contribution in [0.4, 0.5) is 5.69 Å². The Morgan fingerprint density at radius 3 is 2.38 bits per heavy atom. The summed E-state index contributed by atoms with van der Waals surface area (Å²) in [6.45, 7) is 5.14. The smallest absolute Gasteiger partial charge is 0.0639 e. The molecule has 0 bridgehead atoms. The lowest BCUT2D eigenvalue weighted by atomic mass is 10.1. The quantitative estimate of drug-likeness (QED) is 0.766. The maximum Gasteiger partial charge on any atom is 0.0639 e. The van der Waals surface area contributed by atoms with Crippen LogP contribution in [0.3, 0.4) is 0 Å². The molecular weight excluding hydrogens is 218 g/mol. The summed E-state index contributed by atoms with van der Waals surface area (Å²) < 4.78 is 5.37. The zero-order chi connectivity index (χ0) is 12.0. The highest BCUT2D eigenvalue weighted by atomic mass is 32.2. The Hall–Kier alpha value is -0.670. The molecule has 0 spiro atoms. The molecule has 0 heterocycles. The number of thioether (sulfide) groups is 1. The molecular formula is C13H21NOS. The van der Waals surface area contributed by atoms with Crippen LogP contribution in [0.5, 0.6) is 0 Å². The van der Waals surface area contributed by atoms with Crippen molar-refractivity contribution in [2.75, 3.05) is 25.2 Å². The van der Waals surface area contributed by atoms with Gasteiger partial charge in [0.05, 0.1) is 5.60 Å². The first kappa shape index (κ1) is 13.4. The fourth-order valence-corrected chi connectivity index (χ4v) is 1.73. The van der Waals surface area contributed by atoms with Crippen molar-refractivity contribution in [1.82, 2.24) is 0 Å². The molecule has 0 aliphatic carbocycles. The number of benzene rings is 1. The van der Waals surface area contributed by atoms with Gasteiger partial charge in [0.2, 0.25) is 0 Å². The first-order valence-corrected chi connectivity index (χ1v) is 6.73. The lowest BCUT2D eigenvalue weighted by Gasteiger charge is -2.23. The van der Waals surface area contributed by atoms with Crippen LogP contribution in [-0.4, -0.2) is 25.5 Å². The normalized spacial score (nSPS) is 11.5. The van der Waals surface area contributed by atoms with Crippen molar-refractivity contribution in [2.24, 2.45) is 0 Å². The second-order valence-corrected chi connectivity index (χ2v) is 5.25. The molecule has 90 valence electrons. The van der Waals surface area contributed by atoms with Gasteiger partial charge < -0.3 is 10.1 Å². The van der Waals surface area contributed by atoms with E-state index in [1.54, 1.807) is 18.9 Å². The molecule has 0 saturated carbocycles. The monoisotopic (exact) mass is 239 g/mol. The second-order valence-electron chi connectivity index (χ2n) is 4.37. The Balaban J connectivity index is 2.37. The minimum atomic E-state index is -0.0494. The lowest BCUT2D eigenvalue weighted by Crippen LogP contribution is -2.25. The Bertz CT molecular complexity index is 308. The summed E-state index contributed by atoms with van der Waals surface area (Å²) in [4.78, 5) is 1.29. The highest BCUT2D eigenvalue weighted by Crippen LogP contribution is 2.18. The van der Waals surface area contributed by atoms with Crippen molar-refractivity contribution < 1.29 is 4.74 Å². The summed E-state index contributed by atoms with van der Waals surface area (Å²) in [5.74, 6) is 0. The van der Waals surface area contributed by atoms with E-state index in [0.717, 1.165) is 13.0 Å². The van der Waals surface area contributed by atoms with Crippen LogP contribution in [0.2, 0.25) is 0 Å². The van der Waals surface area contributed by atoms with Gasteiger partial charge in [0.1, 0.15) is 0 Å². The molecule has 1 rings (SSSR count). The van der Waals surface area contributed by atoms with Crippen molar-refractivity contribution in [2.45, 2.75) is 30.8 Å². The predicted molar refractivity (Wildman–Crippen MR) is 72.4 cm³/mol. The van der Waals surface area contributed by atoms with Crippen LogP contribution in [0.25, 0.3) is 0 Å². The number of hydrogen-bond donors (Lipinski definition) is 1. The summed E-state index contributed by atoms with van der Waals surface area (Å²) in [7, 11) is 1.76. The van der Waals surface area contributed by atoms with Crippen molar-refractivity contribution in [3.63, 3.8) is 0 Å². The van der Waals surface area contributed by atoms with E-state index in [2.05, 4.69) is 49.7 Å². The lowest BCUT2D eigenvalue weighted by molar-refractivity contribution is 0.0185. The average Bonchev–Trinajstić information content (AvgIpc) is 2.30. The Labute approximate surface area is 103 Å². The zero-order valence-electron chi connectivity index (χ0n) is 10.5. The van der Waals surface area contributed by atoms with E-state index in [-0.39, 0.29) is 5.60 Å². The van der Waals surface area contributed by atoms with E-state index in [9.17, 15) is 0 Å². The van der Waals surface area contributed by atoms with Crippen LogP contribution in [0.15, 0.2) is 29.2 Å². The molecule has 3 heteroatoms. The van der Waals surface area contributed by atoms with E-state index in [4.69, 9.17) is 4.74 Å². The van der Waals surface area contributed by atoms with E-state index < -0.39 is 0 Å².